The molecule has 2 saturated heterocycles. The first-order valence-corrected chi connectivity index (χ1v) is 11.8. The zero-order chi connectivity index (χ0) is 17.6. The van der Waals surface area contributed by atoms with E-state index in [1.807, 2.05) is 11.8 Å². The SMILES string of the molecule is O=C(NCC1(N2CCOCC2)CCSC1)NC1C2CC3CC(C2)CC1C3. The maximum atomic E-state index is 12.7. The van der Waals surface area contributed by atoms with Crippen LogP contribution < -0.4 is 10.6 Å². The smallest absolute Gasteiger partial charge is 0.315 e. The molecule has 6 aliphatic rings. The van der Waals surface area contributed by atoms with E-state index in [1.54, 1.807) is 0 Å². The number of rotatable bonds is 4. The van der Waals surface area contributed by atoms with Crippen LogP contribution in [0.25, 0.3) is 0 Å². The molecule has 2 aliphatic heterocycles. The molecular weight excluding hydrogens is 346 g/mol. The molecule has 0 aromatic rings. The van der Waals surface area contributed by atoms with Gasteiger partial charge in [-0.2, -0.15) is 11.8 Å². The lowest BCUT2D eigenvalue weighted by atomic mass is 9.54. The van der Waals surface area contributed by atoms with Gasteiger partial charge in [0.2, 0.25) is 0 Å². The van der Waals surface area contributed by atoms with Crippen LogP contribution in [-0.4, -0.2) is 66.9 Å². The van der Waals surface area contributed by atoms with Gasteiger partial charge in [-0.3, -0.25) is 4.90 Å². The Kier molecular flexibility index (Phi) is 4.86. The summed E-state index contributed by atoms with van der Waals surface area (Å²) in [4.78, 5) is 15.3. The fourth-order valence-electron chi connectivity index (χ4n) is 6.74. The summed E-state index contributed by atoms with van der Waals surface area (Å²) >= 11 is 2.03. The van der Waals surface area contributed by atoms with Crippen molar-refractivity contribution in [2.75, 3.05) is 44.4 Å². The molecular formula is C20H33N3O2S. The Morgan fingerprint density at radius 1 is 1.08 bits per heavy atom. The van der Waals surface area contributed by atoms with Crippen molar-refractivity contribution in [1.29, 1.82) is 0 Å². The van der Waals surface area contributed by atoms with E-state index >= 15 is 0 Å². The van der Waals surface area contributed by atoms with E-state index in [1.165, 1.54) is 44.3 Å². The van der Waals surface area contributed by atoms with E-state index in [-0.39, 0.29) is 11.6 Å². The lowest BCUT2D eigenvalue weighted by Gasteiger charge is -2.54. The fraction of sp³-hybridized carbons (Fsp3) is 0.950. The van der Waals surface area contributed by atoms with Gasteiger partial charge in [0.1, 0.15) is 0 Å². The zero-order valence-electron chi connectivity index (χ0n) is 15.8. The second kappa shape index (κ2) is 7.17. The molecule has 2 amide bonds. The van der Waals surface area contributed by atoms with Crippen molar-refractivity contribution in [3.8, 4) is 0 Å². The standard InChI is InChI=1S/C20H33N3O2S/c24-19(22-18-16-8-14-7-15(10-16)11-17(18)9-14)21-12-20(1-6-26-13-20)23-2-4-25-5-3-23/h14-18H,1-13H2,(H2,21,22,24). The molecule has 2 heterocycles. The number of hydrogen-bond acceptors (Lipinski definition) is 4. The first-order valence-electron chi connectivity index (χ1n) is 10.7. The van der Waals surface area contributed by atoms with E-state index in [0.29, 0.717) is 6.04 Å². The quantitative estimate of drug-likeness (QED) is 0.787. The van der Waals surface area contributed by atoms with Crippen molar-refractivity contribution in [2.24, 2.45) is 23.7 Å². The van der Waals surface area contributed by atoms with Gasteiger partial charge in [-0.05, 0) is 67.9 Å². The van der Waals surface area contributed by atoms with Gasteiger partial charge < -0.3 is 15.4 Å². The fourth-order valence-corrected chi connectivity index (χ4v) is 8.22. The van der Waals surface area contributed by atoms with Gasteiger partial charge in [-0.15, -0.1) is 0 Å². The van der Waals surface area contributed by atoms with Crippen LogP contribution in [0.15, 0.2) is 0 Å². The molecule has 6 fully saturated rings. The largest absolute Gasteiger partial charge is 0.379 e. The molecule has 6 rings (SSSR count). The minimum absolute atomic E-state index is 0.0759. The van der Waals surface area contributed by atoms with Crippen molar-refractivity contribution < 1.29 is 9.53 Å². The molecule has 0 aromatic heterocycles. The monoisotopic (exact) mass is 379 g/mol. The number of nitrogens with one attached hydrogen (secondary N) is 2. The molecule has 4 saturated carbocycles. The average molecular weight is 380 g/mol. The first kappa shape index (κ1) is 17.6. The highest BCUT2D eigenvalue weighted by atomic mass is 32.2. The van der Waals surface area contributed by atoms with E-state index in [4.69, 9.17) is 4.74 Å². The lowest BCUT2D eigenvalue weighted by Crippen LogP contribution is -2.62. The van der Waals surface area contributed by atoms with Crippen molar-refractivity contribution in [3.05, 3.63) is 0 Å². The Morgan fingerprint density at radius 3 is 2.38 bits per heavy atom. The summed E-state index contributed by atoms with van der Waals surface area (Å²) in [7, 11) is 0. The summed E-state index contributed by atoms with van der Waals surface area (Å²) in [6.07, 6.45) is 8.05. The Hall–Kier alpha value is -0.460. The number of hydrogen-bond donors (Lipinski definition) is 2. The van der Waals surface area contributed by atoms with Crippen LogP contribution in [0.2, 0.25) is 0 Å². The minimum atomic E-state index is 0.0759. The molecule has 0 aromatic carbocycles. The number of carbonyl (C=O) groups excluding carboxylic acids is 1. The number of carbonyl (C=O) groups is 1. The second-order valence-corrected chi connectivity index (χ2v) is 10.5. The maximum absolute atomic E-state index is 12.7. The number of morpholine rings is 1. The highest BCUT2D eigenvalue weighted by Gasteiger charge is 2.49. The molecule has 0 spiro atoms. The van der Waals surface area contributed by atoms with Crippen molar-refractivity contribution >= 4 is 17.8 Å². The van der Waals surface area contributed by atoms with Crippen LogP contribution in [0.4, 0.5) is 4.79 Å². The summed E-state index contributed by atoms with van der Waals surface area (Å²) in [5, 5.41) is 6.68. The second-order valence-electron chi connectivity index (χ2n) is 9.41. The van der Waals surface area contributed by atoms with Crippen molar-refractivity contribution in [1.82, 2.24) is 15.5 Å². The van der Waals surface area contributed by atoms with E-state index in [2.05, 4.69) is 15.5 Å². The molecule has 146 valence electrons. The van der Waals surface area contributed by atoms with Crippen LogP contribution in [0.1, 0.15) is 38.5 Å². The number of urea groups is 1. The van der Waals surface area contributed by atoms with Crippen LogP contribution in [-0.2, 0) is 4.74 Å². The molecule has 5 nitrogen and oxygen atoms in total. The van der Waals surface area contributed by atoms with Gasteiger partial charge in [0.05, 0.1) is 13.2 Å². The molecule has 1 unspecified atom stereocenters. The third-order valence-corrected chi connectivity index (χ3v) is 9.10. The molecule has 0 radical (unpaired) electrons. The number of thioether (sulfide) groups is 1. The van der Waals surface area contributed by atoms with Crippen LogP contribution in [0, 0.1) is 23.7 Å². The topological polar surface area (TPSA) is 53.6 Å². The molecule has 6 heteroatoms. The summed E-state index contributed by atoms with van der Waals surface area (Å²) in [6.45, 7) is 4.43. The van der Waals surface area contributed by atoms with Gasteiger partial charge in [0.25, 0.3) is 0 Å². The zero-order valence-corrected chi connectivity index (χ0v) is 16.6. The minimum Gasteiger partial charge on any atom is -0.379 e. The number of amides is 2. The summed E-state index contributed by atoms with van der Waals surface area (Å²) < 4.78 is 5.54. The molecule has 2 N–H and O–H groups in total. The molecule has 1 atom stereocenters. The number of ether oxygens (including phenoxy) is 1. The van der Waals surface area contributed by atoms with E-state index in [9.17, 15) is 4.79 Å². The summed E-state index contributed by atoms with van der Waals surface area (Å²) in [5.74, 6) is 5.73. The number of nitrogens with zero attached hydrogens (tertiary/aromatic N) is 1. The third kappa shape index (κ3) is 3.26. The predicted octanol–water partition coefficient (Wildman–Crippen LogP) is 2.32. The normalized spacial score (nSPS) is 45.0. The van der Waals surface area contributed by atoms with E-state index in [0.717, 1.165) is 62.3 Å². The van der Waals surface area contributed by atoms with Crippen LogP contribution in [0.5, 0.6) is 0 Å². The highest BCUT2D eigenvalue weighted by Crippen LogP contribution is 2.53. The third-order valence-electron chi connectivity index (χ3n) is 7.87. The van der Waals surface area contributed by atoms with Gasteiger partial charge in [0.15, 0.2) is 0 Å². The highest BCUT2D eigenvalue weighted by molar-refractivity contribution is 7.99. The molecule has 4 bridgehead atoms. The van der Waals surface area contributed by atoms with Gasteiger partial charge in [-0.25, -0.2) is 4.79 Å². The Bertz CT molecular complexity index is 503. The van der Waals surface area contributed by atoms with Crippen molar-refractivity contribution in [2.45, 2.75) is 50.1 Å². The van der Waals surface area contributed by atoms with Gasteiger partial charge >= 0.3 is 6.03 Å². The van der Waals surface area contributed by atoms with Crippen molar-refractivity contribution in [3.63, 3.8) is 0 Å². The summed E-state index contributed by atoms with van der Waals surface area (Å²) in [5.41, 5.74) is 0.135. The van der Waals surface area contributed by atoms with Gasteiger partial charge in [-0.1, -0.05) is 0 Å². The predicted molar refractivity (Wildman–Crippen MR) is 104 cm³/mol. The van der Waals surface area contributed by atoms with Crippen LogP contribution in [0.3, 0.4) is 0 Å². The molecule has 4 aliphatic carbocycles. The van der Waals surface area contributed by atoms with E-state index < -0.39 is 0 Å². The lowest BCUT2D eigenvalue weighted by molar-refractivity contribution is -0.0146. The maximum Gasteiger partial charge on any atom is 0.315 e. The van der Waals surface area contributed by atoms with Crippen LogP contribution >= 0.6 is 11.8 Å². The Morgan fingerprint density at radius 2 is 1.77 bits per heavy atom. The molecule has 26 heavy (non-hydrogen) atoms. The Balaban J connectivity index is 1.18. The Labute approximate surface area is 161 Å². The van der Waals surface area contributed by atoms with Gasteiger partial charge in [0, 0.05) is 37.0 Å². The first-order chi connectivity index (χ1) is 12.7. The average Bonchev–Trinajstić information content (AvgIpc) is 3.13. The summed E-state index contributed by atoms with van der Waals surface area (Å²) in [6, 6.07) is 0.507.